The Kier molecular flexibility index (Phi) is 5.29. The summed E-state index contributed by atoms with van der Waals surface area (Å²) in [5.74, 6) is 0.987. The van der Waals surface area contributed by atoms with E-state index in [1.54, 1.807) is 0 Å². The van der Waals surface area contributed by atoms with Gasteiger partial charge in [-0.3, -0.25) is 0 Å². The van der Waals surface area contributed by atoms with Gasteiger partial charge in [-0.05, 0) is 32.9 Å². The van der Waals surface area contributed by atoms with Crippen LogP contribution in [-0.2, 0) is 0 Å². The highest BCUT2D eigenvalue weighted by Gasteiger charge is 2.43. The van der Waals surface area contributed by atoms with Crippen LogP contribution in [0.15, 0.2) is 30.3 Å². The minimum atomic E-state index is -1.35. The van der Waals surface area contributed by atoms with Crippen LogP contribution in [0.4, 0.5) is 0 Å². The molecular formula is C12H21BrOP+. The Morgan fingerprint density at radius 2 is 1.47 bits per heavy atom. The molecule has 0 aliphatic heterocycles. The van der Waals surface area contributed by atoms with Crippen LogP contribution in [0.5, 0.6) is 5.75 Å². The lowest BCUT2D eigenvalue weighted by atomic mass is 10.3. The van der Waals surface area contributed by atoms with Gasteiger partial charge < -0.3 is 4.52 Å². The van der Waals surface area contributed by atoms with Gasteiger partial charge >= 0.3 is 0 Å². The molecule has 1 aromatic carbocycles. The van der Waals surface area contributed by atoms with E-state index in [-0.39, 0.29) is 22.1 Å². The summed E-state index contributed by atoms with van der Waals surface area (Å²) in [4.78, 5) is 0. The number of rotatable bonds is 2. The first kappa shape index (κ1) is 14.9. The summed E-state index contributed by atoms with van der Waals surface area (Å²) in [6.07, 6.45) is 0. The number of para-hydroxylation sites is 1. The van der Waals surface area contributed by atoms with Crippen molar-refractivity contribution in [2.24, 2.45) is 0 Å². The molecule has 0 fully saturated rings. The van der Waals surface area contributed by atoms with Crippen molar-refractivity contribution in [1.82, 2.24) is 0 Å². The fraction of sp³-hybridized carbons (Fsp3) is 0.500. The lowest BCUT2D eigenvalue weighted by Gasteiger charge is -2.30. The normalized spacial score (nSPS) is 11.8. The van der Waals surface area contributed by atoms with Crippen molar-refractivity contribution >= 4 is 24.5 Å². The SMILES string of the molecule is Br.CC(C)(C)[P+](C)(C)Oc1ccccc1. The molecule has 1 rings (SSSR count). The maximum Gasteiger partial charge on any atom is 0.190 e. The number of hydrogen-bond donors (Lipinski definition) is 0. The zero-order valence-electron chi connectivity index (χ0n) is 10.2. The Morgan fingerprint density at radius 3 is 1.87 bits per heavy atom. The second-order valence-electron chi connectivity index (χ2n) is 4.93. The van der Waals surface area contributed by atoms with Crippen molar-refractivity contribution in [3.63, 3.8) is 0 Å². The first-order valence-corrected chi connectivity index (χ1v) is 7.52. The largest absolute Gasteiger partial charge is 0.351 e. The third-order valence-corrected chi connectivity index (χ3v) is 6.59. The Morgan fingerprint density at radius 1 is 1.00 bits per heavy atom. The molecule has 0 radical (unpaired) electrons. The van der Waals surface area contributed by atoms with Gasteiger partial charge in [0, 0.05) is 0 Å². The Hall–Kier alpha value is -0.0700. The molecule has 0 aliphatic rings. The summed E-state index contributed by atoms with van der Waals surface area (Å²) < 4.78 is 6.08. The fourth-order valence-electron chi connectivity index (χ4n) is 0.882. The molecule has 0 N–H and O–H groups in total. The highest BCUT2D eigenvalue weighted by molar-refractivity contribution is 8.93. The average molecular weight is 292 g/mol. The van der Waals surface area contributed by atoms with Crippen molar-refractivity contribution in [3.05, 3.63) is 30.3 Å². The highest BCUT2D eigenvalue weighted by atomic mass is 79.9. The number of hydrogen-bond acceptors (Lipinski definition) is 1. The zero-order chi connectivity index (χ0) is 10.8. The average Bonchev–Trinajstić information content (AvgIpc) is 2.03. The van der Waals surface area contributed by atoms with Gasteiger partial charge in [0.2, 0.25) is 0 Å². The summed E-state index contributed by atoms with van der Waals surface area (Å²) in [7, 11) is -1.35. The van der Waals surface area contributed by atoms with Crippen molar-refractivity contribution < 1.29 is 4.52 Å². The summed E-state index contributed by atoms with van der Waals surface area (Å²) in [5, 5.41) is 0.239. The summed E-state index contributed by atoms with van der Waals surface area (Å²) in [6, 6.07) is 10.1. The van der Waals surface area contributed by atoms with Crippen LogP contribution in [0.1, 0.15) is 20.8 Å². The molecule has 0 bridgehead atoms. The molecule has 0 amide bonds. The van der Waals surface area contributed by atoms with E-state index in [4.69, 9.17) is 4.52 Å². The van der Waals surface area contributed by atoms with Crippen molar-refractivity contribution in [2.75, 3.05) is 13.3 Å². The lowest BCUT2D eigenvalue weighted by Crippen LogP contribution is -2.22. The van der Waals surface area contributed by atoms with Gasteiger partial charge in [-0.15, -0.1) is 17.0 Å². The van der Waals surface area contributed by atoms with Gasteiger partial charge in [0.1, 0.15) is 5.16 Å². The third-order valence-electron chi connectivity index (χ3n) is 2.69. The lowest BCUT2D eigenvalue weighted by molar-refractivity contribution is 0.561. The Labute approximate surface area is 104 Å². The second kappa shape index (κ2) is 5.32. The summed E-state index contributed by atoms with van der Waals surface area (Å²) in [6.45, 7) is 11.2. The van der Waals surface area contributed by atoms with E-state index in [0.29, 0.717) is 0 Å². The molecule has 1 nitrogen and oxygen atoms in total. The molecular weight excluding hydrogens is 271 g/mol. The van der Waals surface area contributed by atoms with Gasteiger partial charge in [0.05, 0.1) is 13.3 Å². The second-order valence-corrected chi connectivity index (χ2v) is 9.15. The van der Waals surface area contributed by atoms with Crippen LogP contribution in [0.2, 0.25) is 0 Å². The molecule has 0 unspecified atom stereocenters. The smallest absolute Gasteiger partial charge is 0.190 e. The maximum atomic E-state index is 6.08. The minimum Gasteiger partial charge on any atom is -0.351 e. The minimum absolute atomic E-state index is 0. The monoisotopic (exact) mass is 291 g/mol. The highest BCUT2D eigenvalue weighted by Crippen LogP contribution is 2.62. The molecule has 0 saturated heterocycles. The fourth-order valence-corrected chi connectivity index (χ4v) is 1.80. The van der Waals surface area contributed by atoms with Crippen LogP contribution in [0.3, 0.4) is 0 Å². The molecule has 0 aliphatic carbocycles. The first-order chi connectivity index (χ1) is 6.33. The number of halogens is 1. The maximum absolute atomic E-state index is 6.08. The van der Waals surface area contributed by atoms with E-state index in [2.05, 4.69) is 34.1 Å². The molecule has 0 aromatic heterocycles. The molecule has 3 heteroatoms. The Bertz CT molecular complexity index is 290. The predicted molar refractivity (Wildman–Crippen MR) is 75.9 cm³/mol. The van der Waals surface area contributed by atoms with Crippen LogP contribution in [-0.4, -0.2) is 18.5 Å². The quantitative estimate of drug-likeness (QED) is 0.722. The van der Waals surface area contributed by atoms with Gasteiger partial charge in [0.15, 0.2) is 13.2 Å². The van der Waals surface area contributed by atoms with Gasteiger partial charge in [-0.2, -0.15) is 0 Å². The van der Waals surface area contributed by atoms with E-state index in [9.17, 15) is 0 Å². The van der Waals surface area contributed by atoms with E-state index in [1.807, 2.05) is 30.3 Å². The van der Waals surface area contributed by atoms with Crippen LogP contribution >= 0.6 is 24.5 Å². The van der Waals surface area contributed by atoms with Gasteiger partial charge in [-0.1, -0.05) is 18.2 Å². The topological polar surface area (TPSA) is 9.23 Å². The predicted octanol–water partition coefficient (Wildman–Crippen LogP) is 4.63. The van der Waals surface area contributed by atoms with Crippen molar-refractivity contribution in [3.8, 4) is 5.75 Å². The molecule has 86 valence electrons. The number of benzene rings is 1. The first-order valence-electron chi connectivity index (χ1n) is 4.92. The molecule has 1 aromatic rings. The molecule has 15 heavy (non-hydrogen) atoms. The zero-order valence-corrected chi connectivity index (χ0v) is 12.8. The van der Waals surface area contributed by atoms with Crippen molar-refractivity contribution in [1.29, 1.82) is 0 Å². The molecule has 0 saturated carbocycles. The molecule has 0 heterocycles. The van der Waals surface area contributed by atoms with Crippen molar-refractivity contribution in [2.45, 2.75) is 25.9 Å². The summed E-state index contributed by atoms with van der Waals surface area (Å²) >= 11 is 0. The van der Waals surface area contributed by atoms with Gasteiger partial charge in [0.25, 0.3) is 0 Å². The van der Waals surface area contributed by atoms with E-state index < -0.39 is 7.49 Å². The van der Waals surface area contributed by atoms with E-state index >= 15 is 0 Å². The van der Waals surface area contributed by atoms with Crippen LogP contribution in [0, 0.1) is 0 Å². The molecule has 0 spiro atoms. The standard InChI is InChI=1S/C12H20OP.BrH/c1-12(2,3)14(4,5)13-11-9-7-6-8-10-11;/h6-10H,1-5H3;1H/q+1;. The Balaban J connectivity index is 0.00000196. The van der Waals surface area contributed by atoms with Gasteiger partial charge in [-0.25, -0.2) is 0 Å². The third kappa shape index (κ3) is 4.12. The van der Waals surface area contributed by atoms with E-state index in [1.165, 1.54) is 0 Å². The van der Waals surface area contributed by atoms with Crippen LogP contribution in [0.25, 0.3) is 0 Å². The van der Waals surface area contributed by atoms with Crippen LogP contribution < -0.4 is 4.52 Å². The van der Waals surface area contributed by atoms with E-state index in [0.717, 1.165) is 5.75 Å². The molecule has 0 atom stereocenters. The summed E-state index contributed by atoms with van der Waals surface area (Å²) in [5.41, 5.74) is 0.